The van der Waals surface area contributed by atoms with Crippen LogP contribution in [-0.2, 0) is 6.42 Å². The van der Waals surface area contributed by atoms with Gasteiger partial charge >= 0.3 is 0 Å². The maximum absolute atomic E-state index is 6.17. The first-order valence-electron chi connectivity index (χ1n) is 9.11. The Labute approximate surface area is 154 Å². The largest absolute Gasteiger partial charge is 0.493 e. The Morgan fingerprint density at radius 1 is 1.15 bits per heavy atom. The quantitative estimate of drug-likeness (QED) is 0.658. The molecule has 0 unspecified atom stereocenters. The van der Waals surface area contributed by atoms with Crippen LogP contribution in [-0.4, -0.2) is 26.0 Å². The van der Waals surface area contributed by atoms with Crippen molar-refractivity contribution in [3.8, 4) is 11.5 Å². The maximum Gasteiger partial charge on any atom is 0.199 e. The highest BCUT2D eigenvalue weighted by molar-refractivity contribution is 6.37. The van der Waals surface area contributed by atoms with E-state index in [9.17, 15) is 0 Å². The summed E-state index contributed by atoms with van der Waals surface area (Å²) in [6.07, 6.45) is 5.55. The summed E-state index contributed by atoms with van der Waals surface area (Å²) in [4.78, 5) is 4.59. The molecule has 2 radical (unpaired) electrons. The third kappa shape index (κ3) is 3.43. The summed E-state index contributed by atoms with van der Waals surface area (Å²) >= 11 is 0. The summed E-state index contributed by atoms with van der Waals surface area (Å²) in [5.74, 6) is 2.20. The van der Waals surface area contributed by atoms with Crippen molar-refractivity contribution in [1.29, 1.82) is 0 Å². The van der Waals surface area contributed by atoms with E-state index in [2.05, 4.69) is 4.98 Å². The third-order valence-corrected chi connectivity index (χ3v) is 4.89. The van der Waals surface area contributed by atoms with E-state index in [0.29, 0.717) is 23.4 Å². The smallest absolute Gasteiger partial charge is 0.199 e. The lowest BCUT2D eigenvalue weighted by Crippen LogP contribution is -2.11. The molecule has 0 spiro atoms. The molecule has 1 saturated carbocycles. The van der Waals surface area contributed by atoms with Gasteiger partial charge in [-0.3, -0.25) is 0 Å². The molecule has 1 aromatic heterocycles. The first kappa shape index (κ1) is 17.0. The predicted octanol–water partition coefficient (Wildman–Crippen LogP) is 3.85. The van der Waals surface area contributed by atoms with Crippen LogP contribution < -0.4 is 14.9 Å². The molecule has 1 fully saturated rings. The zero-order valence-corrected chi connectivity index (χ0v) is 15.2. The van der Waals surface area contributed by atoms with Crippen LogP contribution >= 0.6 is 0 Å². The number of hydrogen-bond acceptors (Lipinski definition) is 4. The van der Waals surface area contributed by atoms with Crippen LogP contribution in [0.25, 0.3) is 11.1 Å². The number of methoxy groups -OCH3 is 1. The normalized spacial score (nSPS) is 14.8. The molecule has 4 rings (SSSR count). The van der Waals surface area contributed by atoms with Crippen molar-refractivity contribution in [2.75, 3.05) is 7.11 Å². The maximum atomic E-state index is 6.17. The average Bonchev–Trinajstić information content (AvgIpc) is 3.25. The number of aromatic nitrogens is 1. The van der Waals surface area contributed by atoms with Gasteiger partial charge in [-0.2, -0.15) is 0 Å². The summed E-state index contributed by atoms with van der Waals surface area (Å²) in [5, 5.41) is 0. The first-order chi connectivity index (χ1) is 12.6. The fourth-order valence-corrected chi connectivity index (χ4v) is 3.61. The number of ether oxygens (including phenoxy) is 2. The molecular weight excluding hydrogens is 325 g/mol. The van der Waals surface area contributed by atoms with Crippen molar-refractivity contribution >= 4 is 24.4 Å². The molecule has 0 bridgehead atoms. The number of benzene rings is 2. The average molecular weight is 347 g/mol. The Morgan fingerprint density at radius 3 is 2.73 bits per heavy atom. The molecule has 132 valence electrons. The van der Waals surface area contributed by atoms with Crippen molar-refractivity contribution in [2.24, 2.45) is 0 Å². The molecule has 26 heavy (non-hydrogen) atoms. The molecule has 2 aromatic carbocycles. The van der Waals surface area contributed by atoms with E-state index in [1.807, 2.05) is 37.3 Å². The molecule has 0 N–H and O–H groups in total. The molecular formula is C21H22BNO3. The SMILES string of the molecule is [B]c1cc(C)cc2nc(Cc3ccc(OC)c(OC4CCCC4)c3)oc12. The summed E-state index contributed by atoms with van der Waals surface area (Å²) < 4.78 is 17.5. The van der Waals surface area contributed by atoms with E-state index in [1.54, 1.807) is 7.11 Å². The fourth-order valence-electron chi connectivity index (χ4n) is 3.61. The van der Waals surface area contributed by atoms with Crippen molar-refractivity contribution in [3.63, 3.8) is 0 Å². The van der Waals surface area contributed by atoms with Gasteiger partial charge in [0.15, 0.2) is 17.4 Å². The summed E-state index contributed by atoms with van der Waals surface area (Å²) in [6, 6.07) is 9.88. The summed E-state index contributed by atoms with van der Waals surface area (Å²) in [5.41, 5.74) is 4.22. The van der Waals surface area contributed by atoms with E-state index in [-0.39, 0.29) is 6.10 Å². The number of oxazole rings is 1. The third-order valence-electron chi connectivity index (χ3n) is 4.89. The highest BCUT2D eigenvalue weighted by Crippen LogP contribution is 2.33. The highest BCUT2D eigenvalue weighted by Gasteiger charge is 2.19. The lowest BCUT2D eigenvalue weighted by atomic mass is 9.93. The van der Waals surface area contributed by atoms with Gasteiger partial charge in [0.2, 0.25) is 0 Å². The molecule has 0 aliphatic heterocycles. The van der Waals surface area contributed by atoms with Gasteiger partial charge in [0, 0.05) is 6.42 Å². The number of hydrogen-bond donors (Lipinski definition) is 0. The van der Waals surface area contributed by atoms with E-state index in [0.717, 1.165) is 41.0 Å². The van der Waals surface area contributed by atoms with Gasteiger partial charge in [-0.05, 0) is 61.9 Å². The Kier molecular flexibility index (Phi) is 4.62. The minimum Gasteiger partial charge on any atom is -0.493 e. The minimum atomic E-state index is 0.284. The molecule has 0 saturated heterocycles. The monoisotopic (exact) mass is 347 g/mol. The van der Waals surface area contributed by atoms with Gasteiger partial charge in [0.1, 0.15) is 18.9 Å². The fraction of sp³-hybridized carbons (Fsp3) is 0.381. The van der Waals surface area contributed by atoms with Gasteiger partial charge < -0.3 is 13.9 Å². The lowest BCUT2D eigenvalue weighted by molar-refractivity contribution is 0.200. The molecule has 0 atom stereocenters. The summed E-state index contributed by atoms with van der Waals surface area (Å²) in [6.45, 7) is 2.00. The van der Waals surface area contributed by atoms with Crippen LogP contribution in [0, 0.1) is 6.92 Å². The molecule has 1 aliphatic carbocycles. The number of rotatable bonds is 5. The van der Waals surface area contributed by atoms with Crippen LogP contribution in [0.1, 0.15) is 42.7 Å². The van der Waals surface area contributed by atoms with Gasteiger partial charge in [-0.1, -0.05) is 17.6 Å². The molecule has 1 heterocycles. The van der Waals surface area contributed by atoms with Crippen molar-refractivity contribution in [2.45, 2.75) is 45.1 Å². The predicted molar refractivity (Wildman–Crippen MR) is 103 cm³/mol. The van der Waals surface area contributed by atoms with Crippen LogP contribution in [0.3, 0.4) is 0 Å². The van der Waals surface area contributed by atoms with Gasteiger partial charge in [0.05, 0.1) is 13.2 Å². The van der Waals surface area contributed by atoms with Gasteiger partial charge in [-0.15, -0.1) is 0 Å². The standard InChI is InChI=1S/C21H22BNO3/c1-13-9-16(22)21-17(10-13)23-20(26-21)12-14-7-8-18(24-2)19(11-14)25-15-5-3-4-6-15/h7-11,15H,3-6,12H2,1-2H3. The van der Waals surface area contributed by atoms with Crippen molar-refractivity contribution in [1.82, 2.24) is 4.98 Å². The Morgan fingerprint density at radius 2 is 1.96 bits per heavy atom. The first-order valence-corrected chi connectivity index (χ1v) is 9.11. The second-order valence-corrected chi connectivity index (χ2v) is 7.00. The molecule has 3 aromatic rings. The molecule has 5 heteroatoms. The topological polar surface area (TPSA) is 44.5 Å². The molecule has 0 amide bonds. The number of aryl methyl sites for hydroxylation is 1. The Hall–Kier alpha value is -2.43. The number of nitrogens with zero attached hydrogens (tertiary/aromatic N) is 1. The lowest BCUT2D eigenvalue weighted by Gasteiger charge is -2.16. The number of fused-ring (bicyclic) bond motifs is 1. The van der Waals surface area contributed by atoms with E-state index in [4.69, 9.17) is 21.7 Å². The van der Waals surface area contributed by atoms with Crippen molar-refractivity contribution in [3.05, 3.63) is 47.3 Å². The van der Waals surface area contributed by atoms with Crippen LogP contribution in [0.2, 0.25) is 0 Å². The van der Waals surface area contributed by atoms with E-state index >= 15 is 0 Å². The van der Waals surface area contributed by atoms with Crippen LogP contribution in [0.5, 0.6) is 11.5 Å². The van der Waals surface area contributed by atoms with Crippen LogP contribution in [0.15, 0.2) is 34.7 Å². The second-order valence-electron chi connectivity index (χ2n) is 7.00. The van der Waals surface area contributed by atoms with E-state index in [1.165, 1.54) is 12.8 Å². The van der Waals surface area contributed by atoms with Crippen LogP contribution in [0.4, 0.5) is 0 Å². The molecule has 4 nitrogen and oxygen atoms in total. The highest BCUT2D eigenvalue weighted by atomic mass is 16.5. The second kappa shape index (κ2) is 7.06. The Balaban J connectivity index is 1.60. The van der Waals surface area contributed by atoms with E-state index < -0.39 is 0 Å². The van der Waals surface area contributed by atoms with Crippen molar-refractivity contribution < 1.29 is 13.9 Å². The Bertz CT molecular complexity index is 928. The van der Waals surface area contributed by atoms with Gasteiger partial charge in [0.25, 0.3) is 0 Å². The zero-order valence-electron chi connectivity index (χ0n) is 15.2. The van der Waals surface area contributed by atoms with Gasteiger partial charge in [-0.25, -0.2) is 4.98 Å². The zero-order chi connectivity index (χ0) is 18.1. The summed E-state index contributed by atoms with van der Waals surface area (Å²) in [7, 11) is 7.72. The molecule has 1 aliphatic rings. The minimum absolute atomic E-state index is 0.284.